The van der Waals surface area contributed by atoms with Crippen molar-refractivity contribution in [2.75, 3.05) is 13.1 Å². The number of nitrogens with zero attached hydrogens (tertiary/aromatic N) is 1. The second kappa shape index (κ2) is 6.59. The molecule has 4 amide bonds. The fourth-order valence-corrected chi connectivity index (χ4v) is 3.38. The molecule has 1 aliphatic heterocycles. The van der Waals surface area contributed by atoms with Crippen LogP contribution in [0, 0.1) is 5.82 Å². The van der Waals surface area contributed by atoms with Crippen molar-refractivity contribution in [1.29, 1.82) is 0 Å². The predicted molar refractivity (Wildman–Crippen MR) is 84.6 cm³/mol. The van der Waals surface area contributed by atoms with Gasteiger partial charge in [-0.25, -0.2) is 9.18 Å². The number of benzene rings is 1. The molecule has 7 heteroatoms. The Labute approximate surface area is 139 Å². The van der Waals surface area contributed by atoms with Crippen molar-refractivity contribution in [2.45, 2.75) is 37.6 Å². The van der Waals surface area contributed by atoms with Crippen LogP contribution in [0.4, 0.5) is 9.18 Å². The smallest absolute Gasteiger partial charge is 0.325 e. The van der Waals surface area contributed by atoms with E-state index in [1.165, 1.54) is 12.1 Å². The maximum atomic E-state index is 13.1. The van der Waals surface area contributed by atoms with Gasteiger partial charge < -0.3 is 10.6 Å². The first kappa shape index (κ1) is 16.4. The molecule has 6 nitrogen and oxygen atoms in total. The summed E-state index contributed by atoms with van der Waals surface area (Å²) in [6.07, 6.45) is 3.55. The fourth-order valence-electron chi connectivity index (χ4n) is 3.38. The normalized spacial score (nSPS) is 19.0. The van der Waals surface area contributed by atoms with Crippen LogP contribution >= 0.6 is 0 Å². The Kier molecular flexibility index (Phi) is 4.51. The van der Waals surface area contributed by atoms with Crippen LogP contribution in [-0.4, -0.2) is 41.4 Å². The molecule has 0 aromatic heterocycles. The van der Waals surface area contributed by atoms with E-state index in [0.717, 1.165) is 23.3 Å². The van der Waals surface area contributed by atoms with Crippen LogP contribution < -0.4 is 10.6 Å². The highest BCUT2D eigenvalue weighted by Crippen LogP contribution is 2.34. The molecular weight excluding hydrogens is 313 g/mol. The highest BCUT2D eigenvalue weighted by atomic mass is 19.1. The quantitative estimate of drug-likeness (QED) is 0.799. The maximum absolute atomic E-state index is 13.1. The highest BCUT2D eigenvalue weighted by molar-refractivity contribution is 6.09. The monoisotopic (exact) mass is 333 g/mol. The zero-order valence-electron chi connectivity index (χ0n) is 13.3. The van der Waals surface area contributed by atoms with Crippen molar-refractivity contribution in [1.82, 2.24) is 15.5 Å². The molecule has 0 unspecified atom stereocenters. The number of carbonyl (C=O) groups excluding carboxylic acids is 3. The number of amides is 4. The summed E-state index contributed by atoms with van der Waals surface area (Å²) in [6, 6.07) is 5.66. The summed E-state index contributed by atoms with van der Waals surface area (Å²) < 4.78 is 13.1. The van der Waals surface area contributed by atoms with Gasteiger partial charge in [-0.15, -0.1) is 0 Å². The van der Waals surface area contributed by atoms with Crippen molar-refractivity contribution in [3.8, 4) is 0 Å². The molecule has 1 aromatic rings. The summed E-state index contributed by atoms with van der Waals surface area (Å²) in [5.41, 5.74) is -0.0194. The van der Waals surface area contributed by atoms with Gasteiger partial charge in [0.05, 0.1) is 0 Å². The Morgan fingerprint density at radius 1 is 1.29 bits per heavy atom. The zero-order valence-corrected chi connectivity index (χ0v) is 13.3. The molecule has 1 heterocycles. The Morgan fingerprint density at radius 2 is 2.04 bits per heavy atom. The van der Waals surface area contributed by atoms with Crippen molar-refractivity contribution in [3.63, 3.8) is 0 Å². The van der Waals surface area contributed by atoms with Gasteiger partial charge in [0, 0.05) is 6.54 Å². The van der Waals surface area contributed by atoms with Crippen LogP contribution in [0.3, 0.4) is 0 Å². The number of hydrogen-bond donors (Lipinski definition) is 2. The summed E-state index contributed by atoms with van der Waals surface area (Å²) in [6.45, 7) is 0.0344. The average molecular weight is 333 g/mol. The molecule has 2 N–H and O–H groups in total. The summed E-state index contributed by atoms with van der Waals surface area (Å²) in [5, 5.41) is 5.40. The Morgan fingerprint density at radius 3 is 2.75 bits per heavy atom. The van der Waals surface area contributed by atoms with Crippen molar-refractivity contribution in [3.05, 3.63) is 35.6 Å². The minimum atomic E-state index is -0.793. The van der Waals surface area contributed by atoms with E-state index < -0.39 is 17.5 Å². The van der Waals surface area contributed by atoms with Crippen LogP contribution in [-0.2, 0) is 16.0 Å². The molecule has 1 saturated heterocycles. The molecule has 1 saturated carbocycles. The standard InChI is InChI=1S/C17H20FN3O3/c18-13-5-3-4-12(10-13)6-9-19-14(22)11-21-15(23)17(20-16(21)24)7-1-2-8-17/h3-5,10H,1-2,6-9,11H2,(H,19,22)(H,20,24). The lowest BCUT2D eigenvalue weighted by molar-refractivity contribution is -0.134. The number of imide groups is 1. The van der Waals surface area contributed by atoms with Gasteiger partial charge in [0.1, 0.15) is 17.9 Å². The molecule has 1 aromatic carbocycles. The number of nitrogens with one attached hydrogen (secondary N) is 2. The molecule has 1 aliphatic carbocycles. The SMILES string of the molecule is O=C(CN1C(=O)NC2(CCCC2)C1=O)NCCc1cccc(F)c1. The minimum Gasteiger partial charge on any atom is -0.354 e. The number of urea groups is 1. The van der Waals surface area contributed by atoms with E-state index in [-0.39, 0.29) is 18.3 Å². The third-order valence-electron chi connectivity index (χ3n) is 4.63. The highest BCUT2D eigenvalue weighted by Gasteiger charge is 2.52. The molecule has 0 atom stereocenters. The first-order valence-corrected chi connectivity index (χ1v) is 8.15. The number of hydrogen-bond acceptors (Lipinski definition) is 3. The van der Waals surface area contributed by atoms with Crippen LogP contribution in [0.25, 0.3) is 0 Å². The van der Waals surface area contributed by atoms with E-state index in [1.807, 2.05) is 0 Å². The zero-order chi connectivity index (χ0) is 17.2. The molecule has 128 valence electrons. The molecule has 0 radical (unpaired) electrons. The number of rotatable bonds is 5. The van der Waals surface area contributed by atoms with Crippen LogP contribution in [0.1, 0.15) is 31.2 Å². The van der Waals surface area contributed by atoms with Gasteiger partial charge in [-0.3, -0.25) is 14.5 Å². The van der Waals surface area contributed by atoms with E-state index in [1.54, 1.807) is 12.1 Å². The maximum Gasteiger partial charge on any atom is 0.325 e. The lowest BCUT2D eigenvalue weighted by Crippen LogP contribution is -2.45. The summed E-state index contributed by atoms with van der Waals surface area (Å²) in [5.74, 6) is -1.02. The molecule has 3 rings (SSSR count). The van der Waals surface area contributed by atoms with Crippen molar-refractivity contribution < 1.29 is 18.8 Å². The first-order chi connectivity index (χ1) is 11.5. The molecule has 24 heavy (non-hydrogen) atoms. The third kappa shape index (κ3) is 3.25. The van der Waals surface area contributed by atoms with Gasteiger partial charge in [0.2, 0.25) is 5.91 Å². The van der Waals surface area contributed by atoms with Crippen LogP contribution in [0.5, 0.6) is 0 Å². The van der Waals surface area contributed by atoms with E-state index >= 15 is 0 Å². The van der Waals surface area contributed by atoms with E-state index in [4.69, 9.17) is 0 Å². The fraction of sp³-hybridized carbons (Fsp3) is 0.471. The summed E-state index contributed by atoms with van der Waals surface area (Å²) in [7, 11) is 0. The molecule has 2 aliphatic rings. The van der Waals surface area contributed by atoms with E-state index in [0.29, 0.717) is 25.8 Å². The van der Waals surface area contributed by atoms with Crippen LogP contribution in [0.2, 0.25) is 0 Å². The van der Waals surface area contributed by atoms with E-state index in [2.05, 4.69) is 10.6 Å². The number of halogens is 1. The van der Waals surface area contributed by atoms with Crippen molar-refractivity contribution in [2.24, 2.45) is 0 Å². The minimum absolute atomic E-state index is 0.282. The Bertz CT molecular complexity index is 671. The second-order valence-electron chi connectivity index (χ2n) is 6.34. The lowest BCUT2D eigenvalue weighted by Gasteiger charge is -2.19. The summed E-state index contributed by atoms with van der Waals surface area (Å²) >= 11 is 0. The van der Waals surface area contributed by atoms with Crippen LogP contribution in [0.15, 0.2) is 24.3 Å². The Balaban J connectivity index is 1.50. The Hall–Kier alpha value is -2.44. The molecule has 2 fully saturated rings. The molecule has 1 spiro atoms. The number of carbonyl (C=O) groups is 3. The van der Waals surface area contributed by atoms with Gasteiger partial charge >= 0.3 is 6.03 Å². The largest absolute Gasteiger partial charge is 0.354 e. The second-order valence-corrected chi connectivity index (χ2v) is 6.34. The van der Waals surface area contributed by atoms with Gasteiger partial charge in [-0.1, -0.05) is 25.0 Å². The van der Waals surface area contributed by atoms with Gasteiger partial charge in [0.15, 0.2) is 0 Å². The summed E-state index contributed by atoms with van der Waals surface area (Å²) in [4.78, 5) is 37.4. The van der Waals surface area contributed by atoms with Gasteiger partial charge in [-0.05, 0) is 37.0 Å². The lowest BCUT2D eigenvalue weighted by atomic mass is 9.98. The average Bonchev–Trinajstić information content (AvgIpc) is 3.09. The third-order valence-corrected chi connectivity index (χ3v) is 4.63. The predicted octanol–water partition coefficient (Wildman–Crippen LogP) is 1.35. The topological polar surface area (TPSA) is 78.5 Å². The van der Waals surface area contributed by atoms with Crippen molar-refractivity contribution >= 4 is 17.8 Å². The van der Waals surface area contributed by atoms with E-state index in [9.17, 15) is 18.8 Å². The first-order valence-electron chi connectivity index (χ1n) is 8.15. The van der Waals surface area contributed by atoms with Gasteiger partial charge in [0.25, 0.3) is 5.91 Å². The van der Waals surface area contributed by atoms with Gasteiger partial charge in [-0.2, -0.15) is 0 Å². The molecule has 0 bridgehead atoms. The molecular formula is C17H20FN3O3.